The Morgan fingerprint density at radius 3 is 2.15 bits per heavy atom. The highest BCUT2D eigenvalue weighted by atomic mass is 35.5. The molecule has 0 aliphatic carbocycles. The molecule has 3 aromatic carbocycles. The van der Waals surface area contributed by atoms with Crippen LogP contribution in [-0.2, 0) is 22.6 Å². The number of halogens is 1. The van der Waals surface area contributed by atoms with Crippen molar-refractivity contribution in [1.29, 1.82) is 0 Å². The van der Waals surface area contributed by atoms with Gasteiger partial charge in [-0.2, -0.15) is 0 Å². The van der Waals surface area contributed by atoms with Crippen LogP contribution in [0.25, 0.3) is 0 Å². The van der Waals surface area contributed by atoms with Crippen molar-refractivity contribution >= 4 is 35.2 Å². The molecular weight excluding hydrogens is 464 g/mol. The average Bonchev–Trinajstić information content (AvgIpc) is 2.87. The summed E-state index contributed by atoms with van der Waals surface area (Å²) in [4.78, 5) is 29.8. The molecule has 0 aromatic heterocycles. The van der Waals surface area contributed by atoms with Crippen LogP contribution in [0.4, 0.5) is 0 Å². The van der Waals surface area contributed by atoms with E-state index in [0.29, 0.717) is 18.0 Å². The van der Waals surface area contributed by atoms with E-state index in [0.717, 1.165) is 22.4 Å². The summed E-state index contributed by atoms with van der Waals surface area (Å²) in [5, 5.41) is 3.73. The molecule has 4 nitrogen and oxygen atoms in total. The highest BCUT2D eigenvalue weighted by Gasteiger charge is 2.30. The van der Waals surface area contributed by atoms with Crippen LogP contribution < -0.4 is 5.32 Å². The third kappa shape index (κ3) is 7.93. The van der Waals surface area contributed by atoms with Gasteiger partial charge in [0.25, 0.3) is 0 Å². The molecule has 3 rings (SSSR count). The lowest BCUT2D eigenvalue weighted by Crippen LogP contribution is -2.52. The zero-order valence-corrected chi connectivity index (χ0v) is 21.2. The molecule has 178 valence electrons. The Bertz CT molecular complexity index is 1050. The largest absolute Gasteiger partial charge is 0.352 e. The molecule has 0 saturated heterocycles. The number of carbonyl (C=O) groups excluding carboxylic acids is 2. The van der Waals surface area contributed by atoms with Crippen molar-refractivity contribution in [3.63, 3.8) is 0 Å². The smallest absolute Gasteiger partial charge is 0.243 e. The summed E-state index contributed by atoms with van der Waals surface area (Å²) in [7, 11) is 0. The second-order valence-electron chi connectivity index (χ2n) is 8.27. The maximum atomic E-state index is 13.6. The maximum absolute atomic E-state index is 13.6. The van der Waals surface area contributed by atoms with Gasteiger partial charge in [0.15, 0.2) is 0 Å². The van der Waals surface area contributed by atoms with E-state index < -0.39 is 6.04 Å². The molecule has 0 spiro atoms. The Morgan fingerprint density at radius 1 is 0.912 bits per heavy atom. The average molecular weight is 495 g/mol. The first-order chi connectivity index (χ1) is 16.5. The minimum absolute atomic E-state index is 0.0250. The molecule has 0 bridgehead atoms. The van der Waals surface area contributed by atoms with Gasteiger partial charge in [-0.25, -0.2) is 0 Å². The van der Waals surface area contributed by atoms with Crippen LogP contribution in [0, 0.1) is 0 Å². The third-order valence-electron chi connectivity index (χ3n) is 5.64. The van der Waals surface area contributed by atoms with Crippen molar-refractivity contribution in [2.24, 2.45) is 0 Å². The van der Waals surface area contributed by atoms with Crippen LogP contribution in [-0.4, -0.2) is 34.6 Å². The summed E-state index contributed by atoms with van der Waals surface area (Å²) in [5.74, 6) is 0.0359. The molecule has 0 unspecified atom stereocenters. The van der Waals surface area contributed by atoms with Crippen LogP contribution >= 0.6 is 23.4 Å². The van der Waals surface area contributed by atoms with Crippen LogP contribution in [0.15, 0.2) is 89.8 Å². The van der Waals surface area contributed by atoms with Crippen LogP contribution in [0.2, 0.25) is 5.02 Å². The number of nitrogens with one attached hydrogen (secondary N) is 1. The molecule has 2 atom stereocenters. The Morgan fingerprint density at radius 2 is 1.53 bits per heavy atom. The normalized spacial score (nSPS) is 12.6. The monoisotopic (exact) mass is 494 g/mol. The lowest BCUT2D eigenvalue weighted by molar-refractivity contribution is -0.139. The van der Waals surface area contributed by atoms with E-state index in [2.05, 4.69) is 5.32 Å². The first-order valence-corrected chi connectivity index (χ1v) is 12.9. The van der Waals surface area contributed by atoms with Crippen molar-refractivity contribution in [2.75, 3.05) is 5.75 Å². The molecule has 34 heavy (non-hydrogen) atoms. The summed E-state index contributed by atoms with van der Waals surface area (Å²) in [5.41, 5.74) is 1.94. The Balaban J connectivity index is 1.90. The van der Waals surface area contributed by atoms with E-state index in [4.69, 9.17) is 11.6 Å². The lowest BCUT2D eigenvalue weighted by Gasteiger charge is -2.32. The molecule has 6 heteroatoms. The molecule has 0 fully saturated rings. The molecule has 0 heterocycles. The number of hydrogen-bond donors (Lipinski definition) is 1. The zero-order valence-electron chi connectivity index (χ0n) is 19.6. The fourth-order valence-corrected chi connectivity index (χ4v) is 4.46. The van der Waals surface area contributed by atoms with Gasteiger partial charge < -0.3 is 10.2 Å². The van der Waals surface area contributed by atoms with E-state index in [1.54, 1.807) is 4.90 Å². The maximum Gasteiger partial charge on any atom is 0.243 e. The van der Waals surface area contributed by atoms with Gasteiger partial charge in [0, 0.05) is 28.9 Å². The SMILES string of the molecule is CC[C@@H](C)NC(=O)[C@@H](Cc1ccccc1)N(Cc1ccc(Cl)cc1)C(=O)CSc1ccccc1. The summed E-state index contributed by atoms with van der Waals surface area (Å²) >= 11 is 7.55. The molecule has 3 aromatic rings. The molecular formula is C28H31ClN2O2S. The number of hydrogen-bond acceptors (Lipinski definition) is 3. The molecule has 0 aliphatic heterocycles. The fourth-order valence-electron chi connectivity index (χ4n) is 3.53. The number of thioether (sulfide) groups is 1. The standard InChI is InChI=1S/C28H31ClN2O2S/c1-3-21(2)30-28(33)26(18-22-10-6-4-7-11-22)31(19-23-14-16-24(29)17-15-23)27(32)20-34-25-12-8-5-9-13-25/h4-17,21,26H,3,18-20H2,1-2H3,(H,30,33)/t21-,26-/m1/s1. The topological polar surface area (TPSA) is 49.4 Å². The van der Waals surface area contributed by atoms with Crippen molar-refractivity contribution in [2.45, 2.75) is 50.2 Å². The van der Waals surface area contributed by atoms with Crippen LogP contribution in [0.5, 0.6) is 0 Å². The van der Waals surface area contributed by atoms with E-state index in [1.807, 2.05) is 98.8 Å². The van der Waals surface area contributed by atoms with E-state index in [-0.39, 0.29) is 23.6 Å². The van der Waals surface area contributed by atoms with E-state index in [9.17, 15) is 9.59 Å². The second-order valence-corrected chi connectivity index (χ2v) is 9.76. The first kappa shape index (κ1) is 25.9. The molecule has 0 radical (unpaired) electrons. The fraction of sp³-hybridized carbons (Fsp3) is 0.286. The van der Waals surface area contributed by atoms with Gasteiger partial charge in [0.2, 0.25) is 11.8 Å². The van der Waals surface area contributed by atoms with Gasteiger partial charge in [-0.1, -0.05) is 79.2 Å². The predicted octanol–water partition coefficient (Wildman–Crippen LogP) is 5.99. The molecule has 2 amide bonds. The van der Waals surface area contributed by atoms with Crippen LogP contribution in [0.3, 0.4) is 0 Å². The molecule has 0 saturated carbocycles. The third-order valence-corrected chi connectivity index (χ3v) is 6.89. The predicted molar refractivity (Wildman–Crippen MR) is 141 cm³/mol. The lowest BCUT2D eigenvalue weighted by atomic mass is 10.0. The first-order valence-electron chi connectivity index (χ1n) is 11.5. The number of carbonyl (C=O) groups is 2. The Hall–Kier alpha value is -2.76. The minimum atomic E-state index is -0.629. The quantitative estimate of drug-likeness (QED) is 0.333. The van der Waals surface area contributed by atoms with Crippen molar-refractivity contribution in [1.82, 2.24) is 10.2 Å². The summed E-state index contributed by atoms with van der Waals surface area (Å²) in [6.45, 7) is 4.34. The summed E-state index contributed by atoms with van der Waals surface area (Å²) in [6, 6.07) is 26.5. The Labute approximate surface area is 211 Å². The zero-order chi connectivity index (χ0) is 24.3. The summed E-state index contributed by atoms with van der Waals surface area (Å²) in [6.07, 6.45) is 1.26. The van der Waals surface area contributed by atoms with E-state index >= 15 is 0 Å². The van der Waals surface area contributed by atoms with Crippen LogP contribution in [0.1, 0.15) is 31.4 Å². The van der Waals surface area contributed by atoms with Gasteiger partial charge in [-0.3, -0.25) is 9.59 Å². The highest BCUT2D eigenvalue weighted by molar-refractivity contribution is 8.00. The van der Waals surface area contributed by atoms with Crippen molar-refractivity contribution in [3.05, 3.63) is 101 Å². The van der Waals surface area contributed by atoms with Gasteiger partial charge >= 0.3 is 0 Å². The number of benzene rings is 3. The molecule has 0 aliphatic rings. The minimum Gasteiger partial charge on any atom is -0.352 e. The van der Waals surface area contributed by atoms with Gasteiger partial charge in [-0.15, -0.1) is 11.8 Å². The Kier molecular flexibility index (Phi) is 10.0. The number of nitrogens with zero attached hydrogens (tertiary/aromatic N) is 1. The van der Waals surface area contributed by atoms with Crippen molar-refractivity contribution in [3.8, 4) is 0 Å². The van der Waals surface area contributed by atoms with Gasteiger partial charge in [0.1, 0.15) is 6.04 Å². The number of amides is 2. The summed E-state index contributed by atoms with van der Waals surface area (Å²) < 4.78 is 0. The van der Waals surface area contributed by atoms with Crippen molar-refractivity contribution < 1.29 is 9.59 Å². The second kappa shape index (κ2) is 13.2. The molecule has 1 N–H and O–H groups in total. The van der Waals surface area contributed by atoms with Gasteiger partial charge in [0.05, 0.1) is 5.75 Å². The van der Waals surface area contributed by atoms with Gasteiger partial charge in [-0.05, 0) is 48.7 Å². The number of rotatable bonds is 11. The van der Waals surface area contributed by atoms with E-state index in [1.165, 1.54) is 11.8 Å². The highest BCUT2D eigenvalue weighted by Crippen LogP contribution is 2.21.